The van der Waals surface area contributed by atoms with Crippen molar-refractivity contribution in [1.29, 1.82) is 0 Å². The molecule has 1 saturated heterocycles. The molecule has 0 radical (unpaired) electrons. The lowest BCUT2D eigenvalue weighted by Gasteiger charge is -2.30. The van der Waals surface area contributed by atoms with Gasteiger partial charge in [0.05, 0.1) is 22.2 Å². The van der Waals surface area contributed by atoms with Gasteiger partial charge in [0.15, 0.2) is 5.58 Å². The number of amides is 1. The summed E-state index contributed by atoms with van der Waals surface area (Å²) >= 11 is 0. The number of rotatable bonds is 7. The van der Waals surface area contributed by atoms with Crippen molar-refractivity contribution in [2.45, 2.75) is 38.6 Å². The first-order chi connectivity index (χ1) is 17.0. The van der Waals surface area contributed by atoms with Gasteiger partial charge < -0.3 is 14.6 Å². The number of nitro groups is 1. The second-order valence-corrected chi connectivity index (χ2v) is 8.68. The number of aryl methyl sites for hydroxylation is 1. The lowest BCUT2D eigenvalue weighted by atomic mass is 10.0. The Balaban J connectivity index is 1.27. The maximum Gasteiger partial charge on any atom is 0.419 e. The number of hydrogen-bond donors (Lipinski definition) is 1. The maximum absolute atomic E-state index is 12.7. The van der Waals surface area contributed by atoms with E-state index in [1.807, 2.05) is 12.1 Å². The summed E-state index contributed by atoms with van der Waals surface area (Å²) in [6.07, 6.45) is 7.75. The second-order valence-electron chi connectivity index (χ2n) is 8.68. The number of carbonyl (C=O) groups is 1. The molecule has 2 aromatic heterocycles. The van der Waals surface area contributed by atoms with E-state index in [9.17, 15) is 19.7 Å². The fourth-order valence-electron chi connectivity index (χ4n) is 4.68. The number of nitro benzene ring substituents is 1. The van der Waals surface area contributed by atoms with Crippen molar-refractivity contribution in [3.05, 3.63) is 69.5 Å². The number of benzene rings is 2. The molecule has 1 fully saturated rings. The number of piperidine rings is 1. The van der Waals surface area contributed by atoms with Gasteiger partial charge in [0.1, 0.15) is 0 Å². The van der Waals surface area contributed by atoms with Crippen molar-refractivity contribution in [3.63, 3.8) is 0 Å². The third-order valence-electron chi connectivity index (χ3n) is 6.41. The molecule has 1 aliphatic rings. The third-order valence-corrected chi connectivity index (χ3v) is 6.41. The van der Waals surface area contributed by atoms with Crippen molar-refractivity contribution in [2.75, 3.05) is 23.3 Å². The molecule has 5 rings (SSSR count). The molecule has 0 unspecified atom stereocenters. The Morgan fingerprint density at radius 3 is 2.74 bits per heavy atom. The van der Waals surface area contributed by atoms with Crippen LogP contribution in [0, 0.1) is 10.1 Å². The van der Waals surface area contributed by atoms with Gasteiger partial charge in [-0.2, -0.15) is 0 Å². The van der Waals surface area contributed by atoms with Crippen molar-refractivity contribution >= 4 is 44.8 Å². The third kappa shape index (κ3) is 4.59. The summed E-state index contributed by atoms with van der Waals surface area (Å²) in [5.41, 5.74) is 2.34. The molecule has 2 aromatic carbocycles. The van der Waals surface area contributed by atoms with E-state index in [2.05, 4.69) is 21.3 Å². The first-order valence-electron chi connectivity index (χ1n) is 11.7. The minimum Gasteiger partial charge on any atom is -0.407 e. The van der Waals surface area contributed by atoms with E-state index in [0.717, 1.165) is 29.5 Å². The zero-order valence-corrected chi connectivity index (χ0v) is 19.1. The van der Waals surface area contributed by atoms with Crippen LogP contribution < -0.4 is 16.0 Å². The van der Waals surface area contributed by atoms with Crippen LogP contribution >= 0.6 is 0 Å². The Kier molecular flexibility index (Phi) is 6.17. The molecule has 10 heteroatoms. The molecule has 0 atom stereocenters. The van der Waals surface area contributed by atoms with Gasteiger partial charge in [-0.25, -0.2) is 4.79 Å². The monoisotopic (exact) mass is 475 g/mol. The van der Waals surface area contributed by atoms with Crippen LogP contribution in [0.5, 0.6) is 0 Å². The van der Waals surface area contributed by atoms with Gasteiger partial charge in [0, 0.05) is 61.0 Å². The fourth-order valence-corrected chi connectivity index (χ4v) is 4.68. The average molecular weight is 476 g/mol. The molecule has 0 saturated carbocycles. The van der Waals surface area contributed by atoms with Gasteiger partial charge >= 0.3 is 5.76 Å². The molecule has 1 aliphatic heterocycles. The molecule has 1 amide bonds. The average Bonchev–Trinajstić information content (AvgIpc) is 3.19. The molecule has 3 heterocycles. The van der Waals surface area contributed by atoms with Crippen LogP contribution in [0.3, 0.4) is 0 Å². The van der Waals surface area contributed by atoms with Gasteiger partial charge in [-0.15, -0.1) is 0 Å². The predicted octanol–water partition coefficient (Wildman–Crippen LogP) is 4.46. The van der Waals surface area contributed by atoms with Crippen LogP contribution in [0.25, 0.3) is 21.9 Å². The summed E-state index contributed by atoms with van der Waals surface area (Å²) in [5, 5.41) is 15.9. The van der Waals surface area contributed by atoms with Crippen LogP contribution in [0.2, 0.25) is 0 Å². The fraction of sp³-hybridized carbons (Fsp3) is 0.320. The number of aromatic nitrogens is 2. The molecule has 4 aromatic rings. The zero-order chi connectivity index (χ0) is 24.4. The Hall–Kier alpha value is -4.21. The lowest BCUT2D eigenvalue weighted by Crippen LogP contribution is -2.29. The number of anilines is 2. The number of pyridine rings is 1. The van der Waals surface area contributed by atoms with Gasteiger partial charge in [-0.1, -0.05) is 0 Å². The van der Waals surface area contributed by atoms with E-state index in [-0.39, 0.29) is 30.1 Å². The SMILES string of the molecule is O=C(CCCn1c(=O)oc2cc([N+](=O)[O-])ccc21)Nc1ccc(N2CCCCC2)c2ccncc12. The highest BCUT2D eigenvalue weighted by Crippen LogP contribution is 2.33. The Bertz CT molecular complexity index is 1470. The lowest BCUT2D eigenvalue weighted by molar-refractivity contribution is -0.384. The molecular weight excluding hydrogens is 450 g/mol. The Morgan fingerprint density at radius 1 is 1.11 bits per heavy atom. The van der Waals surface area contributed by atoms with E-state index >= 15 is 0 Å². The number of nitrogens with zero attached hydrogens (tertiary/aromatic N) is 4. The van der Waals surface area contributed by atoms with Gasteiger partial charge in [-0.05, 0) is 49.9 Å². The van der Waals surface area contributed by atoms with Crippen LogP contribution in [0.1, 0.15) is 32.1 Å². The second kappa shape index (κ2) is 9.57. The summed E-state index contributed by atoms with van der Waals surface area (Å²) in [6, 6.07) is 10.0. The van der Waals surface area contributed by atoms with Crippen molar-refractivity contribution in [3.8, 4) is 0 Å². The minimum atomic E-state index is -0.605. The van der Waals surface area contributed by atoms with E-state index in [0.29, 0.717) is 17.6 Å². The Labute approximate surface area is 200 Å². The van der Waals surface area contributed by atoms with E-state index in [1.165, 1.54) is 42.0 Å². The molecule has 1 N–H and O–H groups in total. The smallest absolute Gasteiger partial charge is 0.407 e. The number of nitrogens with one attached hydrogen (secondary N) is 1. The largest absolute Gasteiger partial charge is 0.419 e. The van der Waals surface area contributed by atoms with E-state index in [4.69, 9.17) is 4.42 Å². The summed E-state index contributed by atoms with van der Waals surface area (Å²) in [5.74, 6) is -0.774. The standard InChI is InChI=1S/C25H25N5O5/c31-24(5-4-14-29-22-8-6-17(30(33)34)15-23(22)35-25(29)32)27-20-7-9-21(28-12-2-1-3-13-28)18-10-11-26-16-19(18)20/h6-11,15-16H,1-5,12-14H2,(H,27,31). The van der Waals surface area contributed by atoms with E-state index < -0.39 is 10.7 Å². The quantitative estimate of drug-likeness (QED) is 0.309. The van der Waals surface area contributed by atoms with Crippen LogP contribution in [0.15, 0.2) is 58.0 Å². The predicted molar refractivity (Wildman–Crippen MR) is 133 cm³/mol. The molecule has 0 bridgehead atoms. The number of oxazole rings is 1. The van der Waals surface area contributed by atoms with Crippen molar-refractivity contribution in [2.24, 2.45) is 0 Å². The first-order valence-corrected chi connectivity index (χ1v) is 11.7. The molecule has 0 spiro atoms. The highest BCUT2D eigenvalue weighted by atomic mass is 16.6. The highest BCUT2D eigenvalue weighted by Gasteiger charge is 2.17. The maximum atomic E-state index is 12.7. The van der Waals surface area contributed by atoms with Crippen molar-refractivity contribution < 1.29 is 14.1 Å². The number of carbonyl (C=O) groups excluding carboxylic acids is 1. The summed E-state index contributed by atoms with van der Waals surface area (Å²) in [7, 11) is 0. The molecule has 35 heavy (non-hydrogen) atoms. The molecule has 10 nitrogen and oxygen atoms in total. The number of fused-ring (bicyclic) bond motifs is 2. The zero-order valence-electron chi connectivity index (χ0n) is 19.1. The number of hydrogen-bond acceptors (Lipinski definition) is 7. The summed E-state index contributed by atoms with van der Waals surface area (Å²) in [6.45, 7) is 2.31. The topological polar surface area (TPSA) is 124 Å². The summed E-state index contributed by atoms with van der Waals surface area (Å²) in [4.78, 5) is 42.0. The van der Waals surface area contributed by atoms with Crippen LogP contribution in [-0.2, 0) is 11.3 Å². The first kappa shape index (κ1) is 22.6. The molecule has 0 aliphatic carbocycles. The van der Waals surface area contributed by atoms with Crippen LogP contribution in [0.4, 0.5) is 17.1 Å². The molecule has 180 valence electrons. The minimum absolute atomic E-state index is 0.147. The van der Waals surface area contributed by atoms with Gasteiger partial charge in [0.25, 0.3) is 5.69 Å². The Morgan fingerprint density at radius 2 is 1.94 bits per heavy atom. The normalized spacial score (nSPS) is 13.9. The van der Waals surface area contributed by atoms with E-state index in [1.54, 1.807) is 12.4 Å². The van der Waals surface area contributed by atoms with Gasteiger partial charge in [0.2, 0.25) is 5.91 Å². The van der Waals surface area contributed by atoms with Gasteiger partial charge in [-0.3, -0.25) is 24.5 Å². The van der Waals surface area contributed by atoms with Crippen LogP contribution in [-0.4, -0.2) is 33.5 Å². The number of non-ortho nitro benzene ring substituents is 1. The highest BCUT2D eigenvalue weighted by molar-refractivity contribution is 6.06. The summed E-state index contributed by atoms with van der Waals surface area (Å²) < 4.78 is 6.53. The van der Waals surface area contributed by atoms with Crippen molar-refractivity contribution in [1.82, 2.24) is 9.55 Å². The molecular formula is C25H25N5O5.